The predicted molar refractivity (Wildman–Crippen MR) is 90.6 cm³/mol. The number of hydrogen-bond donors (Lipinski definition) is 1. The third-order valence-electron chi connectivity index (χ3n) is 2.97. The summed E-state index contributed by atoms with van der Waals surface area (Å²) in [5.74, 6) is 0.459. The first-order valence-corrected chi connectivity index (χ1v) is 7.96. The fourth-order valence-electron chi connectivity index (χ4n) is 1.91. The first kappa shape index (κ1) is 18.5. The number of nitrogens with one attached hydrogen (secondary N) is 1. The normalized spacial score (nSPS) is 11.0. The Labute approximate surface area is 146 Å². The number of carbonyl (C=O) groups excluding carboxylic acids is 2. The molecule has 7 nitrogen and oxygen atoms in total. The molecule has 1 aromatic carbocycles. The van der Waals surface area contributed by atoms with Gasteiger partial charge in [-0.15, -0.1) is 0 Å². The Hall–Kier alpha value is -2.83. The van der Waals surface area contributed by atoms with Crippen LogP contribution in [0, 0.1) is 0 Å². The van der Waals surface area contributed by atoms with Crippen LogP contribution >= 0.6 is 0 Å². The Balaban J connectivity index is 1.70. The van der Waals surface area contributed by atoms with Crippen molar-refractivity contribution in [1.29, 1.82) is 0 Å². The molecule has 1 amide bonds. The highest BCUT2D eigenvalue weighted by Crippen LogP contribution is 2.20. The molecule has 0 aliphatic heterocycles. The molecule has 0 radical (unpaired) electrons. The highest BCUT2D eigenvalue weighted by molar-refractivity contribution is 5.72. The van der Waals surface area contributed by atoms with Crippen LogP contribution in [0.3, 0.4) is 0 Å². The highest BCUT2D eigenvalue weighted by Gasteiger charge is 2.16. The fourth-order valence-corrected chi connectivity index (χ4v) is 1.91. The molecule has 0 aliphatic rings. The molecule has 0 unspecified atom stereocenters. The summed E-state index contributed by atoms with van der Waals surface area (Å²) in [5.41, 5.74) is 0.320. The van der Waals surface area contributed by atoms with E-state index in [0.29, 0.717) is 11.7 Å². The Kier molecular flexibility index (Phi) is 6.16. The Bertz CT molecular complexity index is 704. The van der Waals surface area contributed by atoms with Gasteiger partial charge in [-0.2, -0.15) is 0 Å². The van der Waals surface area contributed by atoms with Crippen LogP contribution in [0.15, 0.2) is 40.9 Å². The van der Waals surface area contributed by atoms with Crippen molar-refractivity contribution in [2.24, 2.45) is 0 Å². The van der Waals surface area contributed by atoms with Crippen LogP contribution in [-0.4, -0.2) is 29.2 Å². The average molecular weight is 346 g/mol. The number of alkyl carbamates (subject to hydrolysis) is 1. The number of carbonyl (C=O) groups is 2. The van der Waals surface area contributed by atoms with Crippen molar-refractivity contribution in [3.05, 3.63) is 42.4 Å². The van der Waals surface area contributed by atoms with Crippen LogP contribution in [0.4, 0.5) is 4.79 Å². The molecule has 0 saturated carbocycles. The van der Waals surface area contributed by atoms with Gasteiger partial charge in [-0.05, 0) is 20.8 Å². The topological polar surface area (TPSA) is 90.7 Å². The van der Waals surface area contributed by atoms with E-state index in [1.807, 2.05) is 30.3 Å². The van der Waals surface area contributed by atoms with E-state index in [1.165, 1.54) is 0 Å². The quantitative estimate of drug-likeness (QED) is 0.807. The van der Waals surface area contributed by atoms with Gasteiger partial charge in [-0.1, -0.05) is 30.3 Å². The maximum absolute atomic E-state index is 11.7. The van der Waals surface area contributed by atoms with Crippen molar-refractivity contribution >= 4 is 12.1 Å². The first-order chi connectivity index (χ1) is 11.8. The number of aromatic nitrogens is 1. The lowest BCUT2D eigenvalue weighted by atomic mass is 10.2. The SMILES string of the molecule is CC(C)(C)OC(=O)NCCC(=O)OCc1ncc(-c2ccccc2)o1. The largest absolute Gasteiger partial charge is 0.456 e. The van der Waals surface area contributed by atoms with E-state index < -0.39 is 17.7 Å². The van der Waals surface area contributed by atoms with Crippen LogP contribution in [0.25, 0.3) is 11.3 Å². The van der Waals surface area contributed by atoms with Crippen molar-refractivity contribution in [2.45, 2.75) is 39.4 Å². The van der Waals surface area contributed by atoms with E-state index in [1.54, 1.807) is 27.0 Å². The molecule has 0 fully saturated rings. The van der Waals surface area contributed by atoms with Gasteiger partial charge in [-0.25, -0.2) is 9.78 Å². The molecule has 0 saturated heterocycles. The molecule has 1 aromatic heterocycles. The van der Waals surface area contributed by atoms with E-state index in [-0.39, 0.29) is 19.6 Å². The van der Waals surface area contributed by atoms with Crippen LogP contribution in [0.2, 0.25) is 0 Å². The number of hydrogen-bond acceptors (Lipinski definition) is 6. The first-order valence-electron chi connectivity index (χ1n) is 7.96. The number of esters is 1. The number of oxazole rings is 1. The number of benzene rings is 1. The molecule has 1 heterocycles. The fraction of sp³-hybridized carbons (Fsp3) is 0.389. The van der Waals surface area contributed by atoms with E-state index in [0.717, 1.165) is 5.56 Å². The predicted octanol–water partition coefficient (Wildman–Crippen LogP) is 3.30. The average Bonchev–Trinajstić information content (AvgIpc) is 3.01. The summed E-state index contributed by atoms with van der Waals surface area (Å²) in [7, 11) is 0. The Morgan fingerprint density at radius 1 is 1.20 bits per heavy atom. The molecule has 0 atom stereocenters. The van der Waals surface area contributed by atoms with Gasteiger partial charge in [0.05, 0.1) is 12.6 Å². The second kappa shape index (κ2) is 8.32. The number of nitrogens with zero attached hydrogens (tertiary/aromatic N) is 1. The third kappa shape index (κ3) is 6.66. The van der Waals surface area contributed by atoms with Crippen molar-refractivity contribution in [2.75, 3.05) is 6.54 Å². The maximum Gasteiger partial charge on any atom is 0.407 e. The zero-order valence-corrected chi connectivity index (χ0v) is 14.6. The summed E-state index contributed by atoms with van der Waals surface area (Å²) < 4.78 is 15.7. The van der Waals surface area contributed by atoms with Crippen LogP contribution in [0.1, 0.15) is 33.1 Å². The summed E-state index contributed by atoms with van der Waals surface area (Å²) in [4.78, 5) is 27.2. The molecule has 1 N–H and O–H groups in total. The second-order valence-corrected chi connectivity index (χ2v) is 6.32. The zero-order chi connectivity index (χ0) is 18.3. The number of ether oxygens (including phenoxy) is 2. The van der Waals surface area contributed by atoms with Gasteiger partial charge in [0.2, 0.25) is 5.89 Å². The maximum atomic E-state index is 11.7. The van der Waals surface area contributed by atoms with Crippen LogP contribution < -0.4 is 5.32 Å². The molecule has 0 aliphatic carbocycles. The molecule has 2 aromatic rings. The number of rotatable bonds is 6. The van der Waals surface area contributed by atoms with E-state index in [2.05, 4.69) is 10.3 Å². The standard InChI is InChI=1S/C18H22N2O5/c1-18(2,3)25-17(22)19-10-9-16(21)23-12-15-20-11-14(24-15)13-7-5-4-6-8-13/h4-8,11H,9-10,12H2,1-3H3,(H,19,22). The van der Waals surface area contributed by atoms with E-state index >= 15 is 0 Å². The lowest BCUT2D eigenvalue weighted by Gasteiger charge is -2.19. The Morgan fingerprint density at radius 3 is 2.60 bits per heavy atom. The minimum Gasteiger partial charge on any atom is -0.456 e. The molecule has 2 rings (SSSR count). The monoisotopic (exact) mass is 346 g/mol. The molecule has 25 heavy (non-hydrogen) atoms. The van der Waals surface area contributed by atoms with Crippen molar-refractivity contribution < 1.29 is 23.5 Å². The number of amides is 1. The molecule has 0 bridgehead atoms. The van der Waals surface area contributed by atoms with Gasteiger partial charge >= 0.3 is 12.1 Å². The minimum absolute atomic E-state index is 0.0332. The van der Waals surface area contributed by atoms with Gasteiger partial charge in [0.1, 0.15) is 5.60 Å². The smallest absolute Gasteiger partial charge is 0.407 e. The summed E-state index contributed by atoms with van der Waals surface area (Å²) in [5, 5.41) is 2.49. The van der Waals surface area contributed by atoms with Crippen LogP contribution in [0.5, 0.6) is 0 Å². The van der Waals surface area contributed by atoms with Gasteiger partial charge in [0, 0.05) is 12.1 Å². The van der Waals surface area contributed by atoms with E-state index in [4.69, 9.17) is 13.9 Å². The molecule has 7 heteroatoms. The summed E-state index contributed by atoms with van der Waals surface area (Å²) in [6.45, 7) is 5.37. The third-order valence-corrected chi connectivity index (χ3v) is 2.97. The van der Waals surface area contributed by atoms with Gasteiger partial charge in [-0.3, -0.25) is 4.79 Å². The minimum atomic E-state index is -0.577. The molecule has 134 valence electrons. The highest BCUT2D eigenvalue weighted by atomic mass is 16.6. The second-order valence-electron chi connectivity index (χ2n) is 6.32. The molecule has 0 spiro atoms. The van der Waals surface area contributed by atoms with E-state index in [9.17, 15) is 9.59 Å². The lowest BCUT2D eigenvalue weighted by Crippen LogP contribution is -2.33. The molecular weight excluding hydrogens is 324 g/mol. The van der Waals surface area contributed by atoms with Crippen LogP contribution in [-0.2, 0) is 20.9 Å². The van der Waals surface area contributed by atoms with Crippen molar-refractivity contribution in [3.8, 4) is 11.3 Å². The van der Waals surface area contributed by atoms with Gasteiger partial charge < -0.3 is 19.2 Å². The lowest BCUT2D eigenvalue weighted by molar-refractivity contribution is -0.145. The summed E-state index contributed by atoms with van der Waals surface area (Å²) >= 11 is 0. The molecular formula is C18H22N2O5. The summed E-state index contributed by atoms with van der Waals surface area (Å²) in [6.07, 6.45) is 1.05. The zero-order valence-electron chi connectivity index (χ0n) is 14.6. The van der Waals surface area contributed by atoms with Gasteiger partial charge in [0.15, 0.2) is 12.4 Å². The Morgan fingerprint density at radius 2 is 1.92 bits per heavy atom. The van der Waals surface area contributed by atoms with Gasteiger partial charge in [0.25, 0.3) is 0 Å². The van der Waals surface area contributed by atoms with Crippen molar-refractivity contribution in [3.63, 3.8) is 0 Å². The summed E-state index contributed by atoms with van der Waals surface area (Å²) in [6, 6.07) is 9.51. The van der Waals surface area contributed by atoms with Crippen molar-refractivity contribution in [1.82, 2.24) is 10.3 Å².